The van der Waals surface area contributed by atoms with Crippen LogP contribution in [0, 0.1) is 5.92 Å². The second kappa shape index (κ2) is 6.75. The van der Waals surface area contributed by atoms with Gasteiger partial charge in [-0.05, 0) is 32.1 Å². The Morgan fingerprint density at radius 3 is 2.89 bits per heavy atom. The van der Waals surface area contributed by atoms with Crippen molar-refractivity contribution in [3.05, 3.63) is 0 Å². The number of nitrogens with two attached hydrogens (primary N) is 1. The zero-order chi connectivity index (χ0) is 13.7. The molecule has 0 radical (unpaired) electrons. The van der Waals surface area contributed by atoms with Crippen LogP contribution in [0.3, 0.4) is 0 Å². The summed E-state index contributed by atoms with van der Waals surface area (Å²) in [4.78, 5) is 11.9. The molecular weight excluding hydrogens is 246 g/mol. The van der Waals surface area contributed by atoms with Crippen LogP contribution in [0.15, 0.2) is 5.16 Å². The van der Waals surface area contributed by atoms with Gasteiger partial charge in [-0.25, -0.2) is 0 Å². The predicted molar refractivity (Wildman–Crippen MR) is 70.9 cm³/mol. The second-order valence-corrected chi connectivity index (χ2v) is 5.41. The molecule has 2 rings (SSSR count). The molecule has 0 spiro atoms. The number of oxime groups is 1. The van der Waals surface area contributed by atoms with E-state index in [-0.39, 0.29) is 29.8 Å². The van der Waals surface area contributed by atoms with Crippen molar-refractivity contribution in [2.75, 3.05) is 6.61 Å². The third-order valence-corrected chi connectivity index (χ3v) is 4.08. The maximum Gasteiger partial charge on any atom is 0.220 e. The number of ether oxygens (including phenoxy) is 1. The summed E-state index contributed by atoms with van der Waals surface area (Å²) in [5.41, 5.74) is 5.65. The van der Waals surface area contributed by atoms with Gasteiger partial charge in [0.15, 0.2) is 0 Å². The quantitative estimate of drug-likeness (QED) is 0.300. The number of amides is 1. The molecule has 0 aromatic rings. The predicted octanol–water partition coefficient (Wildman–Crippen LogP) is 0.977. The molecule has 6 heteroatoms. The Morgan fingerprint density at radius 2 is 2.21 bits per heavy atom. The molecule has 0 aromatic carbocycles. The molecule has 1 aliphatic carbocycles. The van der Waals surface area contributed by atoms with Crippen molar-refractivity contribution in [1.29, 1.82) is 0 Å². The van der Waals surface area contributed by atoms with Crippen molar-refractivity contribution >= 4 is 11.7 Å². The minimum atomic E-state index is -0.0309. The van der Waals surface area contributed by atoms with Crippen LogP contribution in [0.1, 0.15) is 44.9 Å². The maximum atomic E-state index is 11.9. The van der Waals surface area contributed by atoms with Gasteiger partial charge in [0.25, 0.3) is 0 Å². The Labute approximate surface area is 113 Å². The average molecular weight is 269 g/mol. The van der Waals surface area contributed by atoms with Crippen LogP contribution in [0.25, 0.3) is 0 Å². The molecule has 3 unspecified atom stereocenters. The molecule has 1 saturated carbocycles. The molecule has 3 atom stereocenters. The highest BCUT2D eigenvalue weighted by atomic mass is 16.5. The Bertz CT molecular complexity index is 340. The standard InChI is InChI=1S/C13H23N3O3/c14-13(16-18)10-4-1-5-11(10)15-12(17)7-6-9-3-2-8-19-9/h9-11,18H,1-8H2,(H2,14,16)(H,15,17). The van der Waals surface area contributed by atoms with Gasteiger partial charge in [0, 0.05) is 25.0 Å². The van der Waals surface area contributed by atoms with Crippen molar-refractivity contribution < 1.29 is 14.7 Å². The number of amidine groups is 1. The average Bonchev–Trinajstić information content (AvgIpc) is 3.06. The van der Waals surface area contributed by atoms with Gasteiger partial charge in [0.2, 0.25) is 5.91 Å². The number of nitrogens with one attached hydrogen (secondary N) is 1. The van der Waals surface area contributed by atoms with Crippen LogP contribution in [0.4, 0.5) is 0 Å². The van der Waals surface area contributed by atoms with E-state index >= 15 is 0 Å². The lowest BCUT2D eigenvalue weighted by molar-refractivity contribution is -0.122. The lowest BCUT2D eigenvalue weighted by Crippen LogP contribution is -2.42. The molecule has 19 heavy (non-hydrogen) atoms. The van der Waals surface area contributed by atoms with E-state index in [1.807, 2.05) is 0 Å². The molecule has 108 valence electrons. The second-order valence-electron chi connectivity index (χ2n) is 5.41. The summed E-state index contributed by atoms with van der Waals surface area (Å²) < 4.78 is 5.50. The summed E-state index contributed by atoms with van der Waals surface area (Å²) in [5, 5.41) is 14.8. The highest BCUT2D eigenvalue weighted by molar-refractivity contribution is 5.84. The van der Waals surface area contributed by atoms with Crippen LogP contribution < -0.4 is 11.1 Å². The number of nitrogens with zero attached hydrogens (tertiary/aromatic N) is 1. The number of carbonyl (C=O) groups excluding carboxylic acids is 1. The van der Waals surface area contributed by atoms with Gasteiger partial charge in [-0.1, -0.05) is 11.6 Å². The monoisotopic (exact) mass is 269 g/mol. The first kappa shape index (κ1) is 14.1. The first-order chi connectivity index (χ1) is 9.20. The molecule has 4 N–H and O–H groups in total. The van der Waals surface area contributed by atoms with E-state index in [9.17, 15) is 4.79 Å². The van der Waals surface area contributed by atoms with Crippen molar-refractivity contribution in [2.45, 2.75) is 57.1 Å². The number of rotatable bonds is 5. The molecule has 2 fully saturated rings. The van der Waals surface area contributed by atoms with Gasteiger partial charge in [-0.3, -0.25) is 4.79 Å². The summed E-state index contributed by atoms with van der Waals surface area (Å²) in [5.74, 6) is 0.233. The topological polar surface area (TPSA) is 96.9 Å². The first-order valence-corrected chi connectivity index (χ1v) is 7.09. The lowest BCUT2D eigenvalue weighted by Gasteiger charge is -2.20. The third kappa shape index (κ3) is 3.83. The molecule has 1 heterocycles. The van der Waals surface area contributed by atoms with E-state index in [0.717, 1.165) is 45.1 Å². The van der Waals surface area contributed by atoms with Crippen LogP contribution in [-0.2, 0) is 9.53 Å². The Balaban J connectivity index is 1.74. The number of hydrogen-bond acceptors (Lipinski definition) is 4. The van der Waals surface area contributed by atoms with Gasteiger partial charge < -0.3 is 21.0 Å². The molecule has 2 aliphatic rings. The molecule has 6 nitrogen and oxygen atoms in total. The highest BCUT2D eigenvalue weighted by Gasteiger charge is 2.31. The number of carbonyl (C=O) groups is 1. The smallest absolute Gasteiger partial charge is 0.220 e. The highest BCUT2D eigenvalue weighted by Crippen LogP contribution is 2.26. The van der Waals surface area contributed by atoms with E-state index in [1.165, 1.54) is 0 Å². The van der Waals surface area contributed by atoms with E-state index in [0.29, 0.717) is 6.42 Å². The van der Waals surface area contributed by atoms with Crippen molar-refractivity contribution in [1.82, 2.24) is 5.32 Å². The molecular formula is C13H23N3O3. The number of hydrogen-bond donors (Lipinski definition) is 3. The zero-order valence-electron chi connectivity index (χ0n) is 11.2. The minimum absolute atomic E-state index is 0.00731. The van der Waals surface area contributed by atoms with Crippen molar-refractivity contribution in [3.63, 3.8) is 0 Å². The Kier molecular flexibility index (Phi) is 5.01. The Morgan fingerprint density at radius 1 is 1.37 bits per heavy atom. The molecule has 1 amide bonds. The van der Waals surface area contributed by atoms with Crippen LogP contribution in [0.5, 0.6) is 0 Å². The largest absolute Gasteiger partial charge is 0.409 e. The van der Waals surface area contributed by atoms with Crippen LogP contribution in [-0.4, -0.2) is 35.7 Å². The summed E-state index contributed by atoms with van der Waals surface area (Å²) >= 11 is 0. The molecule has 1 aliphatic heterocycles. The fraction of sp³-hybridized carbons (Fsp3) is 0.846. The normalized spacial score (nSPS) is 31.6. The minimum Gasteiger partial charge on any atom is -0.409 e. The fourth-order valence-electron chi connectivity index (χ4n) is 3.00. The lowest BCUT2D eigenvalue weighted by atomic mass is 10.0. The van der Waals surface area contributed by atoms with E-state index in [1.54, 1.807) is 0 Å². The maximum absolute atomic E-state index is 11.9. The van der Waals surface area contributed by atoms with Gasteiger partial charge in [-0.2, -0.15) is 0 Å². The fourth-order valence-corrected chi connectivity index (χ4v) is 3.00. The molecule has 0 bridgehead atoms. The van der Waals surface area contributed by atoms with Gasteiger partial charge in [0.05, 0.1) is 6.10 Å². The SMILES string of the molecule is NC(=NO)C1CCCC1NC(=O)CCC1CCCO1. The summed E-state index contributed by atoms with van der Waals surface area (Å²) in [7, 11) is 0. The van der Waals surface area contributed by atoms with Gasteiger partial charge in [-0.15, -0.1) is 0 Å². The summed E-state index contributed by atoms with van der Waals surface area (Å²) in [6.45, 7) is 0.820. The summed E-state index contributed by atoms with van der Waals surface area (Å²) in [6, 6.07) is 0.00731. The van der Waals surface area contributed by atoms with Gasteiger partial charge >= 0.3 is 0 Å². The van der Waals surface area contributed by atoms with Crippen LogP contribution in [0.2, 0.25) is 0 Å². The van der Waals surface area contributed by atoms with Gasteiger partial charge in [0.1, 0.15) is 5.84 Å². The first-order valence-electron chi connectivity index (χ1n) is 7.09. The molecule has 0 aromatic heterocycles. The van der Waals surface area contributed by atoms with Crippen molar-refractivity contribution in [2.24, 2.45) is 16.8 Å². The van der Waals surface area contributed by atoms with E-state index < -0.39 is 0 Å². The Hall–Kier alpha value is -1.30. The third-order valence-electron chi connectivity index (χ3n) is 4.08. The molecule has 1 saturated heterocycles. The van der Waals surface area contributed by atoms with E-state index in [2.05, 4.69) is 10.5 Å². The summed E-state index contributed by atoms with van der Waals surface area (Å²) in [6.07, 6.45) is 6.44. The zero-order valence-corrected chi connectivity index (χ0v) is 11.2. The van der Waals surface area contributed by atoms with Crippen molar-refractivity contribution in [3.8, 4) is 0 Å². The van der Waals surface area contributed by atoms with Crippen LogP contribution >= 0.6 is 0 Å². The van der Waals surface area contributed by atoms with E-state index in [4.69, 9.17) is 15.7 Å².